The number of nitrogen functional groups attached to an aromatic ring is 1. The van der Waals surface area contributed by atoms with Crippen LogP contribution < -0.4 is 15.8 Å². The molecule has 132 valence electrons. The zero-order chi connectivity index (χ0) is 18.5. The van der Waals surface area contributed by atoms with Crippen LogP contribution in [0.2, 0.25) is 0 Å². The summed E-state index contributed by atoms with van der Waals surface area (Å²) in [7, 11) is 0. The van der Waals surface area contributed by atoms with Gasteiger partial charge in [-0.1, -0.05) is 30.3 Å². The number of pyridine rings is 2. The van der Waals surface area contributed by atoms with Crippen molar-refractivity contribution in [3.05, 3.63) is 91.3 Å². The topological polar surface area (TPSA) is 73.1 Å². The van der Waals surface area contributed by atoms with Crippen LogP contribution >= 0.6 is 0 Å². The molecule has 0 unspecified atom stereocenters. The van der Waals surface area contributed by atoms with E-state index in [1.165, 1.54) is 0 Å². The molecule has 0 aliphatic heterocycles. The number of anilines is 3. The van der Waals surface area contributed by atoms with Crippen LogP contribution in [0.4, 0.5) is 17.2 Å². The highest BCUT2D eigenvalue weighted by atomic mass is 16.5. The molecule has 0 saturated carbocycles. The summed E-state index contributed by atoms with van der Waals surface area (Å²) >= 11 is 0. The first-order valence-electron chi connectivity index (χ1n) is 8.55. The van der Waals surface area contributed by atoms with Crippen LogP contribution in [0.3, 0.4) is 0 Å². The second kappa shape index (κ2) is 7.58. The molecule has 5 heteroatoms. The van der Waals surface area contributed by atoms with Gasteiger partial charge in [0.05, 0.1) is 0 Å². The Morgan fingerprint density at radius 2 is 1.59 bits per heavy atom. The molecule has 0 atom stereocenters. The zero-order valence-corrected chi connectivity index (χ0v) is 14.5. The van der Waals surface area contributed by atoms with Crippen molar-refractivity contribution in [3.8, 4) is 22.8 Å². The quantitative estimate of drug-likeness (QED) is 0.511. The molecule has 0 bridgehead atoms. The van der Waals surface area contributed by atoms with E-state index >= 15 is 0 Å². The fraction of sp³-hybridized carbons (Fsp3) is 0. The first kappa shape index (κ1) is 16.6. The van der Waals surface area contributed by atoms with Gasteiger partial charge in [0.25, 0.3) is 0 Å². The van der Waals surface area contributed by atoms with E-state index in [4.69, 9.17) is 10.5 Å². The SMILES string of the molecule is Nc1ccnc(Nc2ccc(Oc3ncccc3-c3ccccc3)cc2)c1. The molecule has 2 aromatic heterocycles. The smallest absolute Gasteiger partial charge is 0.227 e. The Morgan fingerprint density at radius 3 is 2.37 bits per heavy atom. The number of nitrogens with two attached hydrogens (primary N) is 1. The fourth-order valence-electron chi connectivity index (χ4n) is 2.69. The second-order valence-electron chi connectivity index (χ2n) is 5.95. The van der Waals surface area contributed by atoms with Gasteiger partial charge in [0, 0.05) is 35.4 Å². The lowest BCUT2D eigenvalue weighted by atomic mass is 10.1. The van der Waals surface area contributed by atoms with E-state index in [9.17, 15) is 0 Å². The van der Waals surface area contributed by atoms with Crippen molar-refractivity contribution in [1.82, 2.24) is 9.97 Å². The molecule has 5 nitrogen and oxygen atoms in total. The van der Waals surface area contributed by atoms with E-state index < -0.39 is 0 Å². The van der Waals surface area contributed by atoms with E-state index in [0.717, 1.165) is 16.8 Å². The average Bonchev–Trinajstić information content (AvgIpc) is 2.71. The van der Waals surface area contributed by atoms with Crippen molar-refractivity contribution in [3.63, 3.8) is 0 Å². The van der Waals surface area contributed by atoms with E-state index in [1.54, 1.807) is 24.5 Å². The highest BCUT2D eigenvalue weighted by Crippen LogP contribution is 2.31. The summed E-state index contributed by atoms with van der Waals surface area (Å²) in [5, 5.41) is 3.21. The molecule has 2 aromatic carbocycles. The Balaban J connectivity index is 1.53. The Hall–Kier alpha value is -3.86. The van der Waals surface area contributed by atoms with Gasteiger partial charge in [-0.25, -0.2) is 9.97 Å². The number of nitrogens with one attached hydrogen (secondary N) is 1. The molecule has 0 aliphatic carbocycles. The van der Waals surface area contributed by atoms with Crippen molar-refractivity contribution in [1.29, 1.82) is 0 Å². The molecule has 27 heavy (non-hydrogen) atoms. The third-order valence-corrected chi connectivity index (χ3v) is 3.98. The highest BCUT2D eigenvalue weighted by molar-refractivity contribution is 5.69. The zero-order valence-electron chi connectivity index (χ0n) is 14.5. The minimum Gasteiger partial charge on any atom is -0.438 e. The van der Waals surface area contributed by atoms with Crippen LogP contribution in [-0.2, 0) is 0 Å². The first-order chi connectivity index (χ1) is 13.3. The monoisotopic (exact) mass is 354 g/mol. The van der Waals surface area contributed by atoms with Crippen LogP contribution in [0.25, 0.3) is 11.1 Å². The van der Waals surface area contributed by atoms with Crippen molar-refractivity contribution < 1.29 is 4.74 Å². The Labute approximate surface area is 157 Å². The summed E-state index contributed by atoms with van der Waals surface area (Å²) in [6.45, 7) is 0. The minimum absolute atomic E-state index is 0.571. The lowest BCUT2D eigenvalue weighted by Crippen LogP contribution is -1.95. The van der Waals surface area contributed by atoms with Gasteiger partial charge in [0.2, 0.25) is 5.88 Å². The molecule has 3 N–H and O–H groups in total. The van der Waals surface area contributed by atoms with Crippen LogP contribution in [0.5, 0.6) is 11.6 Å². The predicted octanol–water partition coefficient (Wildman–Crippen LogP) is 5.26. The summed E-state index contributed by atoms with van der Waals surface area (Å²) in [6.07, 6.45) is 3.39. The van der Waals surface area contributed by atoms with Gasteiger partial charge in [-0.3, -0.25) is 0 Å². The standard InChI is InChI=1S/C22H18N4O/c23-17-12-14-24-21(15-17)26-18-8-10-19(11-9-18)27-22-20(7-4-13-25-22)16-5-2-1-3-6-16/h1-15H,(H3,23,24,26). The number of ether oxygens (including phenoxy) is 1. The summed E-state index contributed by atoms with van der Waals surface area (Å²) in [4.78, 5) is 8.63. The van der Waals surface area contributed by atoms with Gasteiger partial charge in [-0.05, 0) is 48.0 Å². The largest absolute Gasteiger partial charge is 0.438 e. The van der Waals surface area contributed by atoms with E-state index in [0.29, 0.717) is 23.1 Å². The Morgan fingerprint density at radius 1 is 0.778 bits per heavy atom. The summed E-state index contributed by atoms with van der Waals surface area (Å²) in [6, 6.07) is 25.1. The fourth-order valence-corrected chi connectivity index (χ4v) is 2.69. The lowest BCUT2D eigenvalue weighted by Gasteiger charge is -2.11. The number of nitrogens with zero attached hydrogens (tertiary/aromatic N) is 2. The number of aromatic nitrogens is 2. The molecule has 0 radical (unpaired) electrons. The van der Waals surface area contributed by atoms with Gasteiger partial charge in [0.15, 0.2) is 0 Å². The van der Waals surface area contributed by atoms with Gasteiger partial charge < -0.3 is 15.8 Å². The molecule has 0 amide bonds. The Bertz CT molecular complexity index is 1030. The van der Waals surface area contributed by atoms with Gasteiger partial charge in [-0.15, -0.1) is 0 Å². The van der Waals surface area contributed by atoms with E-state index in [1.807, 2.05) is 66.7 Å². The van der Waals surface area contributed by atoms with Crippen LogP contribution in [-0.4, -0.2) is 9.97 Å². The van der Waals surface area contributed by atoms with Crippen molar-refractivity contribution in [2.45, 2.75) is 0 Å². The Kier molecular flexibility index (Phi) is 4.66. The molecule has 4 rings (SSSR count). The maximum Gasteiger partial charge on any atom is 0.227 e. The highest BCUT2D eigenvalue weighted by Gasteiger charge is 2.08. The van der Waals surface area contributed by atoms with Crippen LogP contribution in [0.15, 0.2) is 91.3 Å². The average molecular weight is 354 g/mol. The lowest BCUT2D eigenvalue weighted by molar-refractivity contribution is 0.465. The van der Waals surface area contributed by atoms with Crippen molar-refractivity contribution in [2.24, 2.45) is 0 Å². The molecule has 0 aliphatic rings. The minimum atomic E-state index is 0.571. The van der Waals surface area contributed by atoms with Crippen LogP contribution in [0, 0.1) is 0 Å². The van der Waals surface area contributed by atoms with Gasteiger partial charge in [-0.2, -0.15) is 0 Å². The third kappa shape index (κ3) is 4.04. The number of hydrogen-bond donors (Lipinski definition) is 2. The maximum atomic E-state index is 6.01. The molecule has 4 aromatic rings. The first-order valence-corrected chi connectivity index (χ1v) is 8.55. The molecule has 2 heterocycles. The van der Waals surface area contributed by atoms with Crippen molar-refractivity contribution in [2.75, 3.05) is 11.1 Å². The van der Waals surface area contributed by atoms with E-state index in [2.05, 4.69) is 15.3 Å². The molecule has 0 spiro atoms. The number of hydrogen-bond acceptors (Lipinski definition) is 5. The summed E-state index contributed by atoms with van der Waals surface area (Å²) < 4.78 is 6.01. The molecule has 0 saturated heterocycles. The van der Waals surface area contributed by atoms with E-state index in [-0.39, 0.29) is 0 Å². The maximum absolute atomic E-state index is 6.01. The molecular formula is C22H18N4O. The van der Waals surface area contributed by atoms with Crippen LogP contribution in [0.1, 0.15) is 0 Å². The molecule has 0 fully saturated rings. The predicted molar refractivity (Wildman–Crippen MR) is 108 cm³/mol. The second-order valence-corrected chi connectivity index (χ2v) is 5.95. The van der Waals surface area contributed by atoms with Gasteiger partial charge in [0.1, 0.15) is 11.6 Å². The number of rotatable bonds is 5. The van der Waals surface area contributed by atoms with Crippen molar-refractivity contribution >= 4 is 17.2 Å². The number of benzene rings is 2. The summed E-state index contributed by atoms with van der Waals surface area (Å²) in [5.74, 6) is 1.97. The molecular weight excluding hydrogens is 336 g/mol. The third-order valence-electron chi connectivity index (χ3n) is 3.98. The van der Waals surface area contributed by atoms with Gasteiger partial charge >= 0.3 is 0 Å². The normalized spacial score (nSPS) is 10.4. The summed E-state index contributed by atoms with van der Waals surface area (Å²) in [5.41, 5.74) is 9.34.